The van der Waals surface area contributed by atoms with Gasteiger partial charge in [0, 0.05) is 30.6 Å². The topological polar surface area (TPSA) is 86.7 Å². The van der Waals surface area contributed by atoms with Crippen LogP contribution < -0.4 is 5.32 Å². The van der Waals surface area contributed by atoms with Crippen LogP contribution in [0.3, 0.4) is 0 Å². The lowest BCUT2D eigenvalue weighted by Crippen LogP contribution is -2.39. The van der Waals surface area contributed by atoms with E-state index in [-0.39, 0.29) is 24.1 Å². The first-order valence-electron chi connectivity index (χ1n) is 15.1. The van der Waals surface area contributed by atoms with E-state index in [0.717, 1.165) is 62.4 Å². The van der Waals surface area contributed by atoms with Crippen molar-refractivity contribution in [2.45, 2.75) is 71.3 Å². The molecule has 3 aromatic carbocycles. The number of carbonyl (C=O) groups excluding carboxylic acids is 2. The lowest BCUT2D eigenvalue weighted by molar-refractivity contribution is -0.123. The van der Waals surface area contributed by atoms with Gasteiger partial charge in [0.1, 0.15) is 0 Å². The Labute approximate surface area is 244 Å². The molecule has 1 saturated carbocycles. The van der Waals surface area contributed by atoms with Crippen LogP contribution in [0.25, 0.3) is 10.8 Å². The van der Waals surface area contributed by atoms with Crippen molar-refractivity contribution in [2.24, 2.45) is 11.8 Å². The molecule has 1 amide bonds. The molecule has 5 rings (SSSR count). The molecule has 2 aliphatic rings. The molecule has 1 aliphatic carbocycles. The summed E-state index contributed by atoms with van der Waals surface area (Å²) in [6.07, 6.45) is 8.39. The Bertz CT molecular complexity index is 1330. The molecule has 1 fully saturated rings. The summed E-state index contributed by atoms with van der Waals surface area (Å²) in [7, 11) is 0. The van der Waals surface area contributed by atoms with Gasteiger partial charge in [0.2, 0.25) is 5.91 Å². The summed E-state index contributed by atoms with van der Waals surface area (Å²) in [5.41, 5.74) is 4.72. The molecule has 0 atom stereocenters. The van der Waals surface area contributed by atoms with Gasteiger partial charge in [-0.1, -0.05) is 68.4 Å². The Kier molecular flexibility index (Phi) is 11.1. The predicted molar refractivity (Wildman–Crippen MR) is 164 cm³/mol. The molecule has 218 valence electrons. The maximum atomic E-state index is 12.7. The van der Waals surface area contributed by atoms with Crippen molar-refractivity contribution in [3.05, 3.63) is 82.9 Å². The van der Waals surface area contributed by atoms with Crippen LogP contribution in [0.4, 0.5) is 0 Å². The van der Waals surface area contributed by atoms with Gasteiger partial charge in [-0.3, -0.25) is 14.4 Å². The molecule has 0 saturated heterocycles. The fourth-order valence-electron chi connectivity index (χ4n) is 6.26. The van der Waals surface area contributed by atoms with Gasteiger partial charge in [0.25, 0.3) is 6.47 Å². The molecule has 0 radical (unpaired) electrons. The lowest BCUT2D eigenvalue weighted by atomic mass is 9.84. The quantitative estimate of drug-likeness (QED) is 0.259. The minimum Gasteiger partial charge on any atom is -0.483 e. The van der Waals surface area contributed by atoms with Gasteiger partial charge in [0.15, 0.2) is 5.78 Å². The van der Waals surface area contributed by atoms with E-state index in [1.165, 1.54) is 41.2 Å². The molecular weight excluding hydrogens is 512 g/mol. The SMILES string of the molecule is CC(C)C(=O)c1ccc2c(c1)CCN(CC[C@H]1CC[C@H](NC(=O)Cc3ccc4ccccc4c3)CC1)CC2.O=CO. The number of nitrogens with zero attached hydrogens (tertiary/aromatic N) is 1. The number of hydrogen-bond donors (Lipinski definition) is 2. The van der Waals surface area contributed by atoms with E-state index in [0.29, 0.717) is 12.5 Å². The third kappa shape index (κ3) is 8.74. The molecule has 0 spiro atoms. The van der Waals surface area contributed by atoms with Crippen molar-refractivity contribution in [1.82, 2.24) is 10.2 Å². The van der Waals surface area contributed by atoms with E-state index in [1.807, 2.05) is 32.0 Å². The smallest absolute Gasteiger partial charge is 0.290 e. The highest BCUT2D eigenvalue weighted by Crippen LogP contribution is 2.28. The van der Waals surface area contributed by atoms with Crippen molar-refractivity contribution in [2.75, 3.05) is 19.6 Å². The summed E-state index contributed by atoms with van der Waals surface area (Å²) < 4.78 is 0. The number of ketones is 1. The van der Waals surface area contributed by atoms with Gasteiger partial charge in [-0.25, -0.2) is 0 Å². The predicted octanol–water partition coefficient (Wildman–Crippen LogP) is 6.09. The van der Waals surface area contributed by atoms with Crippen LogP contribution in [0.15, 0.2) is 60.7 Å². The molecule has 2 N–H and O–H groups in total. The van der Waals surface area contributed by atoms with E-state index >= 15 is 0 Å². The highest BCUT2D eigenvalue weighted by atomic mass is 16.3. The Hall–Kier alpha value is -3.51. The summed E-state index contributed by atoms with van der Waals surface area (Å²) in [6.45, 7) is 7.03. The Morgan fingerprint density at radius 2 is 1.61 bits per heavy atom. The third-order valence-electron chi connectivity index (χ3n) is 8.65. The summed E-state index contributed by atoms with van der Waals surface area (Å²) in [4.78, 5) is 36.1. The maximum Gasteiger partial charge on any atom is 0.290 e. The summed E-state index contributed by atoms with van der Waals surface area (Å²) in [6, 6.07) is 21.3. The van der Waals surface area contributed by atoms with E-state index in [4.69, 9.17) is 9.90 Å². The molecule has 41 heavy (non-hydrogen) atoms. The first kappa shape index (κ1) is 30.4. The minimum atomic E-state index is -0.250. The van der Waals surface area contributed by atoms with Gasteiger partial charge < -0.3 is 15.3 Å². The van der Waals surface area contributed by atoms with Crippen molar-refractivity contribution < 1.29 is 19.5 Å². The average Bonchev–Trinajstić information content (AvgIpc) is 3.18. The van der Waals surface area contributed by atoms with Crippen LogP contribution in [-0.2, 0) is 28.9 Å². The number of carbonyl (C=O) groups is 3. The number of amides is 1. The van der Waals surface area contributed by atoms with Crippen molar-refractivity contribution in [3.8, 4) is 0 Å². The zero-order chi connectivity index (χ0) is 29.2. The zero-order valence-electron chi connectivity index (χ0n) is 24.5. The van der Waals surface area contributed by atoms with Gasteiger partial charge in [-0.15, -0.1) is 0 Å². The van der Waals surface area contributed by atoms with Gasteiger partial charge in [-0.2, -0.15) is 0 Å². The standard InChI is InChI=1S/C34H42N2O2.CH2O2/c1-24(2)34(38)31-12-11-28-16-19-36(20-17-30(28)23-31)18-15-25-8-13-32(14-9-25)35-33(37)22-26-7-10-27-5-3-4-6-29(27)21-26;2-1-3/h3-7,10-12,21,23-25,32H,8-9,13-20,22H2,1-2H3,(H,35,37);1H,(H,2,3)/t25-,32-;. The number of carboxylic acid groups (broad SMARTS) is 1. The van der Waals surface area contributed by atoms with E-state index < -0.39 is 0 Å². The number of fused-ring (bicyclic) bond motifs is 2. The fourth-order valence-corrected chi connectivity index (χ4v) is 6.26. The largest absolute Gasteiger partial charge is 0.483 e. The normalized spacial score (nSPS) is 19.0. The summed E-state index contributed by atoms with van der Waals surface area (Å²) in [5.74, 6) is 1.19. The highest BCUT2D eigenvalue weighted by molar-refractivity contribution is 5.97. The fraction of sp³-hybridized carbons (Fsp3) is 0.457. The van der Waals surface area contributed by atoms with Crippen LogP contribution in [-0.4, -0.2) is 53.8 Å². The van der Waals surface area contributed by atoms with E-state index in [2.05, 4.69) is 52.7 Å². The van der Waals surface area contributed by atoms with Crippen LogP contribution in [0.1, 0.15) is 73.0 Å². The van der Waals surface area contributed by atoms with E-state index in [1.54, 1.807) is 0 Å². The number of rotatable bonds is 8. The van der Waals surface area contributed by atoms with Crippen molar-refractivity contribution >= 4 is 28.9 Å². The van der Waals surface area contributed by atoms with E-state index in [9.17, 15) is 9.59 Å². The Balaban J connectivity index is 0.00000124. The van der Waals surface area contributed by atoms with Crippen LogP contribution >= 0.6 is 0 Å². The highest BCUT2D eigenvalue weighted by Gasteiger charge is 2.24. The molecule has 0 bridgehead atoms. The number of nitrogens with one attached hydrogen (secondary N) is 1. The lowest BCUT2D eigenvalue weighted by Gasteiger charge is -2.30. The molecule has 1 aliphatic heterocycles. The van der Waals surface area contributed by atoms with Crippen LogP contribution in [0, 0.1) is 11.8 Å². The second-order valence-electron chi connectivity index (χ2n) is 11.9. The van der Waals surface area contributed by atoms with Crippen LogP contribution in [0.5, 0.6) is 0 Å². The number of hydrogen-bond acceptors (Lipinski definition) is 4. The van der Waals surface area contributed by atoms with Crippen LogP contribution in [0.2, 0.25) is 0 Å². The van der Waals surface area contributed by atoms with Gasteiger partial charge >= 0.3 is 0 Å². The molecular formula is C35H44N2O4. The second-order valence-corrected chi connectivity index (χ2v) is 11.9. The summed E-state index contributed by atoms with van der Waals surface area (Å²) in [5, 5.41) is 12.6. The third-order valence-corrected chi connectivity index (χ3v) is 8.65. The van der Waals surface area contributed by atoms with Crippen molar-refractivity contribution in [3.63, 3.8) is 0 Å². The van der Waals surface area contributed by atoms with Gasteiger partial charge in [-0.05, 0) is 90.9 Å². The maximum absolute atomic E-state index is 12.7. The molecule has 6 nitrogen and oxygen atoms in total. The molecule has 1 heterocycles. The minimum absolute atomic E-state index is 0.0448. The monoisotopic (exact) mass is 556 g/mol. The first-order valence-corrected chi connectivity index (χ1v) is 15.1. The average molecular weight is 557 g/mol. The number of Topliss-reactive ketones (excluding diaryl/α,β-unsaturated/α-hetero) is 1. The Morgan fingerprint density at radius 1 is 0.927 bits per heavy atom. The molecule has 0 aromatic heterocycles. The molecule has 3 aromatic rings. The zero-order valence-corrected chi connectivity index (χ0v) is 24.5. The molecule has 6 heteroatoms. The van der Waals surface area contributed by atoms with Gasteiger partial charge in [0.05, 0.1) is 6.42 Å². The Morgan fingerprint density at radius 3 is 2.32 bits per heavy atom. The van der Waals surface area contributed by atoms with Crippen molar-refractivity contribution in [1.29, 1.82) is 0 Å². The molecule has 0 unspecified atom stereocenters. The second kappa shape index (κ2) is 14.9. The summed E-state index contributed by atoms with van der Waals surface area (Å²) >= 11 is 0. The number of benzene rings is 3. The first-order chi connectivity index (χ1) is 19.9.